The fourth-order valence-corrected chi connectivity index (χ4v) is 2.62. The number of hydrogen-bond acceptors (Lipinski definition) is 6. The van der Waals surface area contributed by atoms with E-state index in [1.165, 1.54) is 13.3 Å². The molecule has 1 aliphatic heterocycles. The van der Waals surface area contributed by atoms with E-state index in [0.29, 0.717) is 23.0 Å². The normalized spacial score (nSPS) is 15.3. The van der Waals surface area contributed by atoms with Gasteiger partial charge in [0.05, 0.1) is 12.8 Å². The number of anilines is 1. The van der Waals surface area contributed by atoms with Crippen molar-refractivity contribution >= 4 is 23.2 Å². The number of nitriles is 1. The van der Waals surface area contributed by atoms with Gasteiger partial charge in [0.1, 0.15) is 17.4 Å². The highest BCUT2D eigenvalue weighted by Crippen LogP contribution is 2.27. The van der Waals surface area contributed by atoms with Crippen LogP contribution >= 0.6 is 11.6 Å². The smallest absolute Gasteiger partial charge is 0.263 e. The molecule has 1 amide bonds. The predicted molar refractivity (Wildman–Crippen MR) is 97.6 cm³/mol. The maximum absolute atomic E-state index is 12.1. The van der Waals surface area contributed by atoms with Gasteiger partial charge in [-0.2, -0.15) is 5.26 Å². The van der Waals surface area contributed by atoms with E-state index in [0.717, 1.165) is 32.7 Å². The second-order valence-electron chi connectivity index (χ2n) is 5.51. The lowest BCUT2D eigenvalue weighted by atomic mass is 10.2. The van der Waals surface area contributed by atoms with Gasteiger partial charge in [-0.05, 0) is 18.2 Å². The fraction of sp³-hybridized carbons (Fsp3) is 0.412. The molecule has 1 aromatic rings. The second-order valence-corrected chi connectivity index (χ2v) is 5.94. The molecule has 1 saturated heterocycles. The molecule has 0 atom stereocenters. The molecule has 1 fully saturated rings. The topological polar surface area (TPSA) is 89.4 Å². The monoisotopic (exact) mass is 363 g/mol. The maximum Gasteiger partial charge on any atom is 0.263 e. The molecule has 0 radical (unpaired) electrons. The summed E-state index contributed by atoms with van der Waals surface area (Å²) >= 11 is 5.96. The van der Waals surface area contributed by atoms with Gasteiger partial charge in [-0.1, -0.05) is 11.6 Å². The number of ether oxygens (including phenoxy) is 1. The van der Waals surface area contributed by atoms with Crippen LogP contribution in [0.15, 0.2) is 30.0 Å². The third-order valence-corrected chi connectivity index (χ3v) is 4.06. The molecule has 3 N–H and O–H groups in total. The summed E-state index contributed by atoms with van der Waals surface area (Å²) in [5.74, 6) is 0.156. The highest BCUT2D eigenvalue weighted by Gasteiger charge is 2.12. The minimum Gasteiger partial charge on any atom is -0.495 e. The molecule has 0 aliphatic carbocycles. The maximum atomic E-state index is 12.1. The molecule has 7 nitrogen and oxygen atoms in total. The van der Waals surface area contributed by atoms with Crippen LogP contribution < -0.4 is 20.7 Å². The van der Waals surface area contributed by atoms with E-state index >= 15 is 0 Å². The van der Waals surface area contributed by atoms with Crippen molar-refractivity contribution in [3.05, 3.63) is 35.0 Å². The Morgan fingerprint density at radius 1 is 1.48 bits per heavy atom. The van der Waals surface area contributed by atoms with E-state index in [1.54, 1.807) is 18.2 Å². The number of nitrogens with zero attached hydrogens (tertiary/aromatic N) is 2. The molecule has 25 heavy (non-hydrogen) atoms. The molecule has 0 saturated carbocycles. The van der Waals surface area contributed by atoms with E-state index in [-0.39, 0.29) is 5.57 Å². The third-order valence-electron chi connectivity index (χ3n) is 3.82. The lowest BCUT2D eigenvalue weighted by molar-refractivity contribution is -0.117. The Bertz CT molecular complexity index is 665. The number of methoxy groups -OCH3 is 1. The number of carbonyl (C=O) groups is 1. The summed E-state index contributed by atoms with van der Waals surface area (Å²) in [7, 11) is 1.53. The fourth-order valence-electron chi connectivity index (χ4n) is 2.45. The predicted octanol–water partition coefficient (Wildman–Crippen LogP) is 1.19. The van der Waals surface area contributed by atoms with Gasteiger partial charge in [0, 0.05) is 50.5 Å². The van der Waals surface area contributed by atoms with Gasteiger partial charge in [-0.15, -0.1) is 0 Å². The molecule has 134 valence electrons. The molecule has 1 aliphatic rings. The SMILES string of the molecule is COc1ccc(Cl)cc1N/C=C(/C#N)C(=O)NCCN1CCNCC1. The largest absolute Gasteiger partial charge is 0.495 e. The van der Waals surface area contributed by atoms with E-state index in [2.05, 4.69) is 20.9 Å². The van der Waals surface area contributed by atoms with E-state index in [4.69, 9.17) is 16.3 Å². The average molecular weight is 364 g/mol. The number of amides is 1. The molecule has 1 heterocycles. The van der Waals surface area contributed by atoms with Gasteiger partial charge in [0.15, 0.2) is 0 Å². The Labute approximate surface area is 152 Å². The van der Waals surface area contributed by atoms with Crippen molar-refractivity contribution in [3.8, 4) is 11.8 Å². The number of carbonyl (C=O) groups excluding carboxylic acids is 1. The van der Waals surface area contributed by atoms with Crippen molar-refractivity contribution in [2.24, 2.45) is 0 Å². The van der Waals surface area contributed by atoms with E-state index in [1.807, 2.05) is 6.07 Å². The first-order valence-electron chi connectivity index (χ1n) is 8.05. The van der Waals surface area contributed by atoms with Crippen molar-refractivity contribution in [3.63, 3.8) is 0 Å². The summed E-state index contributed by atoms with van der Waals surface area (Å²) in [6.07, 6.45) is 1.36. The first-order chi connectivity index (χ1) is 12.1. The minimum atomic E-state index is -0.411. The van der Waals surface area contributed by atoms with Crippen molar-refractivity contribution in [2.75, 3.05) is 51.7 Å². The zero-order valence-electron chi connectivity index (χ0n) is 14.1. The average Bonchev–Trinajstić information content (AvgIpc) is 2.63. The summed E-state index contributed by atoms with van der Waals surface area (Å²) in [6.45, 7) is 5.12. The quantitative estimate of drug-likeness (QED) is 0.498. The van der Waals surface area contributed by atoms with Crippen LogP contribution in [0.1, 0.15) is 0 Å². The zero-order chi connectivity index (χ0) is 18.1. The number of halogens is 1. The molecule has 1 aromatic carbocycles. The van der Waals surface area contributed by atoms with Gasteiger partial charge in [-0.25, -0.2) is 0 Å². The van der Waals surface area contributed by atoms with Crippen LogP contribution in [0.3, 0.4) is 0 Å². The van der Waals surface area contributed by atoms with Gasteiger partial charge in [-0.3, -0.25) is 9.69 Å². The van der Waals surface area contributed by atoms with E-state index < -0.39 is 5.91 Å². The van der Waals surface area contributed by atoms with Crippen molar-refractivity contribution in [1.82, 2.24) is 15.5 Å². The van der Waals surface area contributed by atoms with Crippen LogP contribution in [0.5, 0.6) is 5.75 Å². The summed E-state index contributed by atoms with van der Waals surface area (Å²) in [5, 5.41) is 18.7. The van der Waals surface area contributed by atoms with Crippen LogP contribution in [-0.4, -0.2) is 57.2 Å². The summed E-state index contributed by atoms with van der Waals surface area (Å²) < 4.78 is 5.21. The van der Waals surface area contributed by atoms with Gasteiger partial charge >= 0.3 is 0 Å². The van der Waals surface area contributed by atoms with Crippen LogP contribution in [0.4, 0.5) is 5.69 Å². The lowest BCUT2D eigenvalue weighted by Gasteiger charge is -2.27. The number of hydrogen-bond donors (Lipinski definition) is 3. The number of benzene rings is 1. The summed E-state index contributed by atoms with van der Waals surface area (Å²) in [6, 6.07) is 6.97. The highest BCUT2D eigenvalue weighted by molar-refractivity contribution is 6.30. The molecular formula is C17H22ClN5O2. The van der Waals surface area contributed by atoms with Crippen LogP contribution in [-0.2, 0) is 4.79 Å². The Morgan fingerprint density at radius 3 is 2.92 bits per heavy atom. The minimum absolute atomic E-state index is 0.0117. The molecular weight excluding hydrogens is 342 g/mol. The lowest BCUT2D eigenvalue weighted by Crippen LogP contribution is -2.46. The van der Waals surface area contributed by atoms with Crippen LogP contribution in [0, 0.1) is 11.3 Å². The molecule has 2 rings (SSSR count). The van der Waals surface area contributed by atoms with Crippen molar-refractivity contribution in [1.29, 1.82) is 5.26 Å². The number of nitrogens with one attached hydrogen (secondary N) is 3. The Hall–Kier alpha value is -2.27. The van der Waals surface area contributed by atoms with E-state index in [9.17, 15) is 10.1 Å². The third kappa shape index (κ3) is 5.94. The van der Waals surface area contributed by atoms with Crippen LogP contribution in [0.25, 0.3) is 0 Å². The summed E-state index contributed by atoms with van der Waals surface area (Å²) in [4.78, 5) is 14.4. The second kappa shape index (κ2) is 9.89. The van der Waals surface area contributed by atoms with Crippen molar-refractivity contribution < 1.29 is 9.53 Å². The van der Waals surface area contributed by atoms with Gasteiger partial charge in [0.2, 0.25) is 0 Å². The van der Waals surface area contributed by atoms with Gasteiger partial charge < -0.3 is 20.7 Å². The zero-order valence-corrected chi connectivity index (χ0v) is 14.9. The Kier molecular flexibility index (Phi) is 7.54. The Balaban J connectivity index is 1.89. The number of rotatable bonds is 7. The van der Waals surface area contributed by atoms with Gasteiger partial charge in [0.25, 0.3) is 5.91 Å². The molecule has 0 unspecified atom stereocenters. The first kappa shape index (κ1) is 19.1. The highest BCUT2D eigenvalue weighted by atomic mass is 35.5. The Morgan fingerprint density at radius 2 is 2.24 bits per heavy atom. The molecule has 8 heteroatoms. The van der Waals surface area contributed by atoms with Crippen molar-refractivity contribution in [2.45, 2.75) is 0 Å². The number of piperazine rings is 1. The summed E-state index contributed by atoms with van der Waals surface area (Å²) in [5.41, 5.74) is 0.568. The molecule has 0 spiro atoms. The first-order valence-corrected chi connectivity index (χ1v) is 8.43. The standard InChI is InChI=1S/C17H22ClN5O2/c1-25-16-3-2-14(18)10-15(16)22-12-13(11-19)17(24)21-6-9-23-7-4-20-5-8-23/h2-3,10,12,20,22H,4-9H2,1H3,(H,21,24)/b13-12-. The molecule has 0 bridgehead atoms. The van der Waals surface area contributed by atoms with Crippen LogP contribution in [0.2, 0.25) is 5.02 Å². The molecule has 0 aromatic heterocycles.